The highest BCUT2D eigenvalue weighted by Gasteiger charge is 2.39. The summed E-state index contributed by atoms with van der Waals surface area (Å²) in [5, 5.41) is 9.43. The molecule has 0 spiro atoms. The van der Waals surface area contributed by atoms with Crippen LogP contribution in [0.25, 0.3) is 11.4 Å². The Balaban J connectivity index is 1.52. The lowest BCUT2D eigenvalue weighted by atomic mass is 10.2. The molecular weight excluding hydrogens is 406 g/mol. The zero-order valence-electron chi connectivity index (χ0n) is 16.3. The Morgan fingerprint density at radius 1 is 1.17 bits per heavy atom. The van der Waals surface area contributed by atoms with Gasteiger partial charge in [0.2, 0.25) is 21.9 Å². The van der Waals surface area contributed by atoms with Crippen LogP contribution in [0, 0.1) is 0 Å². The third-order valence-corrected chi connectivity index (χ3v) is 6.86. The third kappa shape index (κ3) is 3.79. The van der Waals surface area contributed by atoms with Crippen molar-refractivity contribution in [2.45, 2.75) is 23.8 Å². The Hall–Kier alpha value is -3.24. The molecule has 2 N–H and O–H groups in total. The van der Waals surface area contributed by atoms with Gasteiger partial charge in [-0.1, -0.05) is 30.3 Å². The maximum Gasteiger partial charge on any atom is 0.249 e. The van der Waals surface area contributed by atoms with Gasteiger partial charge in [-0.2, -0.15) is 9.29 Å². The molecule has 156 valence electrons. The second kappa shape index (κ2) is 8.25. The van der Waals surface area contributed by atoms with E-state index >= 15 is 0 Å². The third-order valence-electron chi connectivity index (χ3n) is 4.94. The molecule has 9 nitrogen and oxygen atoms in total. The number of amides is 1. The molecule has 2 aromatic carbocycles. The quantitative estimate of drug-likeness (QED) is 0.623. The summed E-state index contributed by atoms with van der Waals surface area (Å²) in [6.45, 7) is 0.287. The second-order valence-electron chi connectivity index (χ2n) is 6.78. The summed E-state index contributed by atoms with van der Waals surface area (Å²) >= 11 is 0. The Kier molecular flexibility index (Phi) is 5.51. The first-order valence-electron chi connectivity index (χ1n) is 9.44. The highest BCUT2D eigenvalue weighted by Crippen LogP contribution is 2.28. The van der Waals surface area contributed by atoms with E-state index < -0.39 is 22.0 Å². The first-order chi connectivity index (χ1) is 14.5. The molecule has 1 aromatic heterocycles. The van der Waals surface area contributed by atoms with Crippen molar-refractivity contribution in [3.8, 4) is 17.1 Å². The van der Waals surface area contributed by atoms with Crippen LogP contribution in [0.1, 0.15) is 12.8 Å². The molecule has 1 saturated heterocycles. The van der Waals surface area contributed by atoms with Gasteiger partial charge in [0.15, 0.2) is 5.82 Å². The summed E-state index contributed by atoms with van der Waals surface area (Å²) in [5.74, 6) is 0.660. The summed E-state index contributed by atoms with van der Waals surface area (Å²) in [6.07, 6.45) is 1.03. The normalized spacial score (nSPS) is 17.0. The molecule has 1 aliphatic heterocycles. The number of nitrogens with one attached hydrogen (secondary N) is 2. The van der Waals surface area contributed by atoms with Crippen molar-refractivity contribution in [2.75, 3.05) is 19.0 Å². The number of H-pyrrole nitrogens is 1. The zero-order chi connectivity index (χ0) is 21.1. The first kappa shape index (κ1) is 20.0. The van der Waals surface area contributed by atoms with E-state index in [9.17, 15) is 13.2 Å². The van der Waals surface area contributed by atoms with Crippen molar-refractivity contribution in [1.29, 1.82) is 0 Å². The second-order valence-corrected chi connectivity index (χ2v) is 8.67. The molecule has 10 heteroatoms. The fourth-order valence-corrected chi connectivity index (χ4v) is 5.17. The van der Waals surface area contributed by atoms with E-state index in [4.69, 9.17) is 4.74 Å². The molecule has 0 radical (unpaired) electrons. The van der Waals surface area contributed by atoms with Gasteiger partial charge in [-0.3, -0.25) is 15.2 Å². The summed E-state index contributed by atoms with van der Waals surface area (Å²) < 4.78 is 32.5. The number of rotatable bonds is 6. The SMILES string of the molecule is COc1ccccc1-c1nc(NC(=O)C2CCCN2S(=O)(=O)c2ccccc2)n[nH]1. The van der Waals surface area contributed by atoms with Crippen molar-refractivity contribution in [2.24, 2.45) is 0 Å². The van der Waals surface area contributed by atoms with E-state index in [0.29, 0.717) is 30.0 Å². The van der Waals surface area contributed by atoms with E-state index in [1.54, 1.807) is 31.4 Å². The number of carbonyl (C=O) groups excluding carboxylic acids is 1. The van der Waals surface area contributed by atoms with Crippen molar-refractivity contribution < 1.29 is 17.9 Å². The summed E-state index contributed by atoms with van der Waals surface area (Å²) in [6, 6.07) is 14.6. The van der Waals surface area contributed by atoms with Gasteiger partial charge in [-0.05, 0) is 37.1 Å². The van der Waals surface area contributed by atoms with Gasteiger partial charge in [0.1, 0.15) is 11.8 Å². The van der Waals surface area contributed by atoms with Gasteiger partial charge < -0.3 is 4.74 Å². The molecule has 1 unspecified atom stereocenters. The van der Waals surface area contributed by atoms with E-state index in [0.717, 1.165) is 0 Å². The van der Waals surface area contributed by atoms with E-state index in [-0.39, 0.29) is 17.4 Å². The van der Waals surface area contributed by atoms with Gasteiger partial charge in [-0.25, -0.2) is 8.42 Å². The zero-order valence-corrected chi connectivity index (χ0v) is 17.1. The number of nitrogens with zero attached hydrogens (tertiary/aromatic N) is 3. The fourth-order valence-electron chi connectivity index (χ4n) is 3.49. The van der Waals surface area contributed by atoms with Crippen LogP contribution in [-0.2, 0) is 14.8 Å². The molecule has 0 bridgehead atoms. The number of ether oxygens (including phenoxy) is 1. The standard InChI is InChI=1S/C20H21N5O4S/c1-29-17-12-6-5-10-15(17)18-21-20(24-23-18)22-19(26)16-11-7-13-25(16)30(27,28)14-8-3-2-4-9-14/h2-6,8-10,12,16H,7,11,13H2,1H3,(H2,21,22,23,24,26). The summed E-state index contributed by atoms with van der Waals surface area (Å²) in [4.78, 5) is 17.3. The number of hydrogen-bond donors (Lipinski definition) is 2. The van der Waals surface area contributed by atoms with Crippen LogP contribution in [0.5, 0.6) is 5.75 Å². The lowest BCUT2D eigenvalue weighted by Gasteiger charge is -2.22. The number of aromatic amines is 1. The van der Waals surface area contributed by atoms with Crippen molar-refractivity contribution in [1.82, 2.24) is 19.5 Å². The predicted octanol–water partition coefficient (Wildman–Crippen LogP) is 2.27. The van der Waals surface area contributed by atoms with Crippen LogP contribution in [0.2, 0.25) is 0 Å². The maximum absolute atomic E-state index is 13.0. The number of sulfonamides is 1. The Bertz CT molecular complexity index is 1150. The first-order valence-corrected chi connectivity index (χ1v) is 10.9. The van der Waals surface area contributed by atoms with Gasteiger partial charge in [0.25, 0.3) is 0 Å². The van der Waals surface area contributed by atoms with Crippen molar-refractivity contribution in [3.05, 3.63) is 54.6 Å². The lowest BCUT2D eigenvalue weighted by molar-refractivity contribution is -0.119. The molecule has 1 atom stereocenters. The number of aromatic nitrogens is 3. The van der Waals surface area contributed by atoms with E-state index in [1.807, 2.05) is 18.2 Å². The van der Waals surface area contributed by atoms with Gasteiger partial charge in [-0.15, -0.1) is 5.10 Å². The van der Waals surface area contributed by atoms with Crippen LogP contribution in [0.15, 0.2) is 59.5 Å². The fraction of sp³-hybridized carbons (Fsp3) is 0.250. The molecule has 0 aliphatic carbocycles. The summed E-state index contributed by atoms with van der Waals surface area (Å²) in [7, 11) is -2.21. The molecular formula is C20H21N5O4S. The number of para-hydroxylation sites is 1. The van der Waals surface area contributed by atoms with E-state index in [1.165, 1.54) is 16.4 Å². The Morgan fingerprint density at radius 2 is 1.90 bits per heavy atom. The Labute approximate surface area is 174 Å². The minimum Gasteiger partial charge on any atom is -0.496 e. The lowest BCUT2D eigenvalue weighted by Crippen LogP contribution is -2.43. The minimum absolute atomic E-state index is 0.0739. The number of carbonyl (C=O) groups is 1. The topological polar surface area (TPSA) is 117 Å². The van der Waals surface area contributed by atoms with Crippen molar-refractivity contribution >= 4 is 21.9 Å². The van der Waals surface area contributed by atoms with E-state index in [2.05, 4.69) is 20.5 Å². The monoisotopic (exact) mass is 427 g/mol. The number of methoxy groups -OCH3 is 1. The van der Waals surface area contributed by atoms with Crippen LogP contribution in [0.3, 0.4) is 0 Å². The van der Waals surface area contributed by atoms with Crippen LogP contribution in [0.4, 0.5) is 5.95 Å². The maximum atomic E-state index is 13.0. The van der Waals surface area contributed by atoms with Crippen LogP contribution in [-0.4, -0.2) is 53.5 Å². The highest BCUT2D eigenvalue weighted by atomic mass is 32.2. The Morgan fingerprint density at radius 3 is 2.67 bits per heavy atom. The smallest absolute Gasteiger partial charge is 0.249 e. The molecule has 0 saturated carbocycles. The molecule has 1 amide bonds. The molecule has 4 rings (SSSR count). The average molecular weight is 427 g/mol. The van der Waals surface area contributed by atoms with Crippen LogP contribution >= 0.6 is 0 Å². The average Bonchev–Trinajstić information content (AvgIpc) is 3.44. The minimum atomic E-state index is -3.76. The molecule has 2 heterocycles. The number of benzene rings is 2. The molecule has 30 heavy (non-hydrogen) atoms. The van der Waals surface area contributed by atoms with Crippen molar-refractivity contribution in [3.63, 3.8) is 0 Å². The van der Waals surface area contributed by atoms with Gasteiger partial charge in [0, 0.05) is 6.54 Å². The van der Waals surface area contributed by atoms with Gasteiger partial charge >= 0.3 is 0 Å². The van der Waals surface area contributed by atoms with Gasteiger partial charge in [0.05, 0.1) is 17.6 Å². The summed E-state index contributed by atoms with van der Waals surface area (Å²) in [5.41, 5.74) is 0.696. The number of anilines is 1. The molecule has 1 aliphatic rings. The highest BCUT2D eigenvalue weighted by molar-refractivity contribution is 7.89. The predicted molar refractivity (Wildman–Crippen MR) is 110 cm³/mol. The number of hydrogen-bond acceptors (Lipinski definition) is 6. The van der Waals surface area contributed by atoms with Crippen LogP contribution < -0.4 is 10.1 Å². The molecule has 3 aromatic rings. The largest absolute Gasteiger partial charge is 0.496 e. The molecule has 1 fully saturated rings.